The number of hydrogen-bond acceptors (Lipinski definition) is 5. The number of nitriles is 1. The van der Waals surface area contributed by atoms with Crippen LogP contribution in [0.4, 0.5) is 23.2 Å². The number of anilines is 1. The summed E-state index contributed by atoms with van der Waals surface area (Å²) in [5, 5.41) is 16.7. The molecule has 222 valence electrons. The van der Waals surface area contributed by atoms with Crippen LogP contribution < -0.4 is 16.0 Å². The average Bonchev–Trinajstić information content (AvgIpc) is 3.15. The molecule has 41 heavy (non-hydrogen) atoms. The lowest BCUT2D eigenvalue weighted by molar-refractivity contribution is -0.176. The largest absolute Gasteiger partial charge is 0.471 e. The third kappa shape index (κ3) is 5.58. The summed E-state index contributed by atoms with van der Waals surface area (Å²) in [5.74, 6) is -6.50. The molecule has 0 bridgehead atoms. The number of alkyl halides is 3. The molecule has 0 aromatic heterocycles. The van der Waals surface area contributed by atoms with E-state index in [2.05, 4.69) is 10.6 Å². The molecule has 3 aliphatic rings. The third-order valence-electron chi connectivity index (χ3n) is 8.38. The van der Waals surface area contributed by atoms with Crippen molar-refractivity contribution in [1.82, 2.24) is 15.5 Å². The van der Waals surface area contributed by atoms with E-state index < -0.39 is 65.1 Å². The summed E-state index contributed by atoms with van der Waals surface area (Å²) in [6, 6.07) is 0.143. The summed E-state index contributed by atoms with van der Waals surface area (Å²) in [6.07, 6.45) is -5.43. The van der Waals surface area contributed by atoms with Gasteiger partial charge >= 0.3 is 12.1 Å². The van der Waals surface area contributed by atoms with Gasteiger partial charge in [-0.2, -0.15) is 18.4 Å². The number of rotatable bonds is 6. The molecule has 0 radical (unpaired) electrons. The molecule has 1 saturated heterocycles. The smallest absolute Gasteiger partial charge is 0.339 e. The van der Waals surface area contributed by atoms with Gasteiger partial charge in [-0.05, 0) is 46.8 Å². The second-order valence-corrected chi connectivity index (χ2v) is 12.9. The molecule has 2 aliphatic heterocycles. The van der Waals surface area contributed by atoms with Crippen molar-refractivity contribution < 1.29 is 36.7 Å². The molecule has 0 spiro atoms. The molecule has 6 unspecified atom stereocenters. The van der Waals surface area contributed by atoms with Crippen molar-refractivity contribution in [1.29, 1.82) is 5.26 Å². The molecule has 3 N–H and O–H groups in total. The Hall–Kier alpha value is -3.40. The van der Waals surface area contributed by atoms with Gasteiger partial charge in [-0.15, -0.1) is 0 Å². The van der Waals surface area contributed by atoms with E-state index in [1.807, 2.05) is 19.9 Å². The summed E-state index contributed by atoms with van der Waals surface area (Å²) in [6.45, 7) is 8.36. The molecule has 4 amide bonds. The normalized spacial score (nSPS) is 25.8. The number of nitrogens with one attached hydrogen (secondary N) is 3. The monoisotopic (exact) mass is 599 g/mol. The van der Waals surface area contributed by atoms with E-state index >= 15 is 0 Å². The molecule has 14 heteroatoms. The van der Waals surface area contributed by atoms with Crippen molar-refractivity contribution in [2.75, 3.05) is 11.9 Å². The highest BCUT2D eigenvalue weighted by Crippen LogP contribution is 2.65. The maximum absolute atomic E-state index is 14.0. The lowest BCUT2D eigenvalue weighted by atomic mass is 9.85. The van der Waals surface area contributed by atoms with Crippen LogP contribution in [0.5, 0.6) is 0 Å². The van der Waals surface area contributed by atoms with Gasteiger partial charge in [0.25, 0.3) is 0 Å². The number of carbonyl (C=O) groups excluding carboxylic acids is 4. The fraction of sp³-hybridized carbons (Fsp3) is 0.593. The topological polar surface area (TPSA) is 131 Å². The zero-order chi connectivity index (χ0) is 30.8. The van der Waals surface area contributed by atoms with Gasteiger partial charge in [0.05, 0.1) is 22.7 Å². The van der Waals surface area contributed by atoms with Crippen LogP contribution in [-0.2, 0) is 19.2 Å². The third-order valence-corrected chi connectivity index (χ3v) is 8.67. The van der Waals surface area contributed by atoms with Crippen molar-refractivity contribution >= 4 is 40.9 Å². The molecule has 1 saturated carbocycles. The Morgan fingerprint density at radius 2 is 1.85 bits per heavy atom. The molecule has 2 heterocycles. The summed E-state index contributed by atoms with van der Waals surface area (Å²) < 4.78 is 53.1. The number of amides is 4. The van der Waals surface area contributed by atoms with Gasteiger partial charge in [0.15, 0.2) is 0 Å². The summed E-state index contributed by atoms with van der Waals surface area (Å²) in [4.78, 5) is 52.8. The van der Waals surface area contributed by atoms with E-state index in [0.717, 1.165) is 12.1 Å². The van der Waals surface area contributed by atoms with Crippen LogP contribution in [0.1, 0.15) is 52.5 Å². The predicted octanol–water partition coefficient (Wildman–Crippen LogP) is 3.49. The maximum Gasteiger partial charge on any atom is 0.471 e. The van der Waals surface area contributed by atoms with Crippen LogP contribution >= 0.6 is 11.6 Å². The standard InChI is InChI=1S/C27H30ClF4N5O4/c1-25(2,3)20(36-24(41)27(30,31)32)23(40)37-10-15-17(26(15,4)5)19(37)22(39)34-12(9-33)8-14-13-6-11(29)7-16(28)18(13)35-21(14)38/h6-7,12,14-15,17,19-20H,8,10H2,1-5H3,(H,34,39)(H,35,38)(H,36,41). The highest BCUT2D eigenvalue weighted by atomic mass is 35.5. The first kappa shape index (κ1) is 30.6. The zero-order valence-corrected chi connectivity index (χ0v) is 23.7. The van der Waals surface area contributed by atoms with Crippen LogP contribution in [0.2, 0.25) is 5.02 Å². The summed E-state index contributed by atoms with van der Waals surface area (Å²) in [5.41, 5.74) is -1.03. The van der Waals surface area contributed by atoms with Gasteiger partial charge in [-0.25, -0.2) is 4.39 Å². The van der Waals surface area contributed by atoms with Crippen molar-refractivity contribution in [2.24, 2.45) is 22.7 Å². The number of fused-ring (bicyclic) bond motifs is 2. The van der Waals surface area contributed by atoms with Gasteiger partial charge in [0.1, 0.15) is 23.9 Å². The number of halogens is 5. The van der Waals surface area contributed by atoms with E-state index in [1.54, 1.807) is 5.32 Å². The van der Waals surface area contributed by atoms with Gasteiger partial charge in [-0.1, -0.05) is 46.2 Å². The Labute approximate surface area is 238 Å². The lowest BCUT2D eigenvalue weighted by Crippen LogP contribution is -2.61. The zero-order valence-electron chi connectivity index (χ0n) is 23.0. The number of hydrogen-bond donors (Lipinski definition) is 3. The highest BCUT2D eigenvalue weighted by Gasteiger charge is 2.70. The van der Waals surface area contributed by atoms with E-state index in [4.69, 9.17) is 11.6 Å². The molecule has 1 aromatic carbocycles. The SMILES string of the molecule is CC(C)(C)C(NC(=O)C(F)(F)F)C(=O)N1CC2C(C1C(=O)NC(C#N)CC1C(=O)Nc3c(Cl)cc(F)cc31)C2(C)C. The average molecular weight is 600 g/mol. The summed E-state index contributed by atoms with van der Waals surface area (Å²) in [7, 11) is 0. The van der Waals surface area contributed by atoms with Crippen LogP contribution in [0, 0.1) is 39.8 Å². The van der Waals surface area contributed by atoms with Crippen molar-refractivity contribution in [3.63, 3.8) is 0 Å². The Morgan fingerprint density at radius 3 is 2.41 bits per heavy atom. The van der Waals surface area contributed by atoms with Gasteiger partial charge < -0.3 is 20.9 Å². The number of benzene rings is 1. The number of piperidine rings is 1. The minimum absolute atomic E-state index is 0.0125. The van der Waals surface area contributed by atoms with Gasteiger partial charge in [0.2, 0.25) is 17.7 Å². The molecule has 2 fully saturated rings. The molecule has 1 aliphatic carbocycles. The van der Waals surface area contributed by atoms with Crippen LogP contribution in [0.25, 0.3) is 0 Å². The first-order valence-electron chi connectivity index (χ1n) is 13.0. The minimum atomic E-state index is -5.21. The van der Waals surface area contributed by atoms with E-state index in [9.17, 15) is 42.0 Å². The Kier molecular flexibility index (Phi) is 7.56. The van der Waals surface area contributed by atoms with Crippen molar-refractivity contribution in [2.45, 2.75) is 71.3 Å². The van der Waals surface area contributed by atoms with E-state index in [1.165, 1.54) is 25.7 Å². The Balaban J connectivity index is 1.56. The van der Waals surface area contributed by atoms with Crippen LogP contribution in [0.15, 0.2) is 12.1 Å². The molecular formula is C27H30ClF4N5O4. The van der Waals surface area contributed by atoms with E-state index in [-0.39, 0.29) is 46.5 Å². The van der Waals surface area contributed by atoms with E-state index in [0.29, 0.717) is 0 Å². The highest BCUT2D eigenvalue weighted by molar-refractivity contribution is 6.34. The van der Waals surface area contributed by atoms with Crippen molar-refractivity contribution in [3.05, 3.63) is 28.5 Å². The number of carbonyl (C=O) groups is 4. The van der Waals surface area contributed by atoms with Gasteiger partial charge in [-0.3, -0.25) is 19.2 Å². The van der Waals surface area contributed by atoms with Gasteiger partial charge in [0, 0.05) is 6.54 Å². The van der Waals surface area contributed by atoms with Crippen LogP contribution in [-0.4, -0.2) is 59.4 Å². The molecule has 1 aromatic rings. The summed E-state index contributed by atoms with van der Waals surface area (Å²) >= 11 is 6.04. The molecule has 4 rings (SSSR count). The predicted molar refractivity (Wildman–Crippen MR) is 139 cm³/mol. The fourth-order valence-electron chi connectivity index (χ4n) is 6.06. The fourth-order valence-corrected chi connectivity index (χ4v) is 6.32. The minimum Gasteiger partial charge on any atom is -0.339 e. The maximum atomic E-state index is 14.0. The number of nitrogens with zero attached hydrogens (tertiary/aromatic N) is 2. The Bertz CT molecular complexity index is 1350. The first-order valence-corrected chi connectivity index (χ1v) is 13.3. The second kappa shape index (κ2) is 10.2. The quantitative estimate of drug-likeness (QED) is 0.431. The van der Waals surface area contributed by atoms with Crippen LogP contribution in [0.3, 0.4) is 0 Å². The molecule has 9 nitrogen and oxygen atoms in total. The first-order chi connectivity index (χ1) is 18.8. The molecule has 6 atom stereocenters. The second-order valence-electron chi connectivity index (χ2n) is 12.5. The van der Waals surface area contributed by atoms with Crippen molar-refractivity contribution in [3.8, 4) is 6.07 Å². The molecular weight excluding hydrogens is 570 g/mol. The number of likely N-dealkylation sites (tertiary alicyclic amines) is 1. The lowest BCUT2D eigenvalue weighted by Gasteiger charge is -2.37. The Morgan fingerprint density at radius 1 is 1.22 bits per heavy atom.